The Morgan fingerprint density at radius 3 is 2.50 bits per heavy atom. The second kappa shape index (κ2) is 6.07. The summed E-state index contributed by atoms with van der Waals surface area (Å²) in [4.78, 5) is 23.6. The number of esters is 1. The summed E-state index contributed by atoms with van der Waals surface area (Å²) in [5.41, 5.74) is 7.19. The van der Waals surface area contributed by atoms with Crippen LogP contribution in [0.3, 0.4) is 0 Å². The molecule has 0 radical (unpaired) electrons. The molecule has 104 valence electrons. The average Bonchev–Trinajstić information content (AvgIpc) is 2.88. The van der Waals surface area contributed by atoms with Crippen molar-refractivity contribution in [2.75, 3.05) is 23.5 Å². The number of hydrogen-bond acceptors (Lipinski definition) is 5. The Morgan fingerprint density at radius 1 is 1.15 bits per heavy atom. The van der Waals surface area contributed by atoms with Crippen LogP contribution in [0, 0.1) is 0 Å². The van der Waals surface area contributed by atoms with Crippen LogP contribution in [0.2, 0.25) is 0 Å². The normalized spacial score (nSPS) is 9.85. The number of methoxy groups -OCH3 is 1. The van der Waals surface area contributed by atoms with Gasteiger partial charge in [0.1, 0.15) is 4.88 Å². The fraction of sp³-hybridized carbons (Fsp3) is 0.0769. The molecular weight excluding hydrogens is 278 g/mol. The topological polar surface area (TPSA) is 93.4 Å². The van der Waals surface area contributed by atoms with Crippen molar-refractivity contribution in [1.29, 1.82) is 0 Å². The van der Waals surface area contributed by atoms with E-state index in [0.717, 1.165) is 0 Å². The Hall–Kier alpha value is -2.54. The third-order valence-corrected chi connectivity index (χ3v) is 3.35. The van der Waals surface area contributed by atoms with Gasteiger partial charge in [0.25, 0.3) is 0 Å². The lowest BCUT2D eigenvalue weighted by Gasteiger charge is -2.08. The lowest BCUT2D eigenvalue weighted by Crippen LogP contribution is -2.20. The first kappa shape index (κ1) is 13.9. The zero-order valence-corrected chi connectivity index (χ0v) is 11.5. The van der Waals surface area contributed by atoms with Gasteiger partial charge in [-0.25, -0.2) is 9.59 Å². The summed E-state index contributed by atoms with van der Waals surface area (Å²) in [7, 11) is 1.29. The molecule has 0 fully saturated rings. The number of carbonyl (C=O) groups excluding carboxylic acids is 2. The van der Waals surface area contributed by atoms with Gasteiger partial charge in [0.2, 0.25) is 0 Å². The van der Waals surface area contributed by atoms with Gasteiger partial charge in [-0.1, -0.05) is 0 Å². The first-order valence-electron chi connectivity index (χ1n) is 5.69. The van der Waals surface area contributed by atoms with E-state index >= 15 is 0 Å². The molecule has 0 aliphatic carbocycles. The molecule has 2 rings (SSSR count). The molecule has 0 aliphatic heterocycles. The number of benzene rings is 1. The predicted octanol–water partition coefficient (Wildman–Crippen LogP) is 2.76. The maximum atomic E-state index is 11.8. The summed E-state index contributed by atoms with van der Waals surface area (Å²) in [6.45, 7) is 0. The molecule has 7 heteroatoms. The fourth-order valence-electron chi connectivity index (χ4n) is 1.51. The molecule has 0 aliphatic rings. The maximum Gasteiger partial charge on any atom is 0.350 e. The van der Waals surface area contributed by atoms with Crippen LogP contribution in [-0.4, -0.2) is 19.1 Å². The van der Waals surface area contributed by atoms with Crippen LogP contribution >= 0.6 is 11.3 Å². The highest BCUT2D eigenvalue weighted by Gasteiger charge is 2.15. The number of ether oxygens (including phenoxy) is 1. The van der Waals surface area contributed by atoms with E-state index in [0.29, 0.717) is 21.9 Å². The van der Waals surface area contributed by atoms with E-state index < -0.39 is 12.0 Å². The van der Waals surface area contributed by atoms with Gasteiger partial charge in [-0.2, -0.15) is 0 Å². The molecule has 0 bridgehead atoms. The minimum absolute atomic E-state index is 0.347. The predicted molar refractivity (Wildman–Crippen MR) is 79.2 cm³/mol. The van der Waals surface area contributed by atoms with Gasteiger partial charge in [-0.3, -0.25) is 0 Å². The summed E-state index contributed by atoms with van der Waals surface area (Å²) in [5.74, 6) is -0.484. The first-order chi connectivity index (χ1) is 9.60. The Morgan fingerprint density at radius 2 is 1.85 bits per heavy atom. The van der Waals surface area contributed by atoms with Crippen LogP contribution in [0.5, 0.6) is 0 Å². The van der Waals surface area contributed by atoms with Crippen LogP contribution in [0.15, 0.2) is 35.7 Å². The molecule has 0 spiro atoms. The van der Waals surface area contributed by atoms with E-state index in [1.807, 2.05) is 0 Å². The number of hydrogen-bond donors (Lipinski definition) is 3. The Bertz CT molecular complexity index is 622. The van der Waals surface area contributed by atoms with Crippen LogP contribution in [-0.2, 0) is 4.74 Å². The standard InChI is InChI=1S/C13H13N3O3S/c1-19-12(17)11-10(6-7-20-11)16-13(18)15-9-4-2-8(14)3-5-9/h2-7H,14H2,1H3,(H2,15,16,18). The third kappa shape index (κ3) is 3.27. The number of rotatable bonds is 3. The Balaban J connectivity index is 2.03. The van der Waals surface area contributed by atoms with Crippen molar-refractivity contribution in [3.05, 3.63) is 40.6 Å². The quantitative estimate of drug-likeness (QED) is 0.598. The van der Waals surface area contributed by atoms with Crippen LogP contribution in [0.4, 0.5) is 21.9 Å². The number of amides is 2. The molecule has 2 aromatic rings. The number of urea groups is 1. The van der Waals surface area contributed by atoms with E-state index in [1.165, 1.54) is 18.4 Å². The molecule has 0 unspecified atom stereocenters. The van der Waals surface area contributed by atoms with Crippen molar-refractivity contribution < 1.29 is 14.3 Å². The number of nitrogen functional groups attached to an aromatic ring is 1. The molecule has 1 aromatic heterocycles. The van der Waals surface area contributed by atoms with Gasteiger partial charge in [-0.05, 0) is 35.7 Å². The second-order valence-corrected chi connectivity index (χ2v) is 4.77. The summed E-state index contributed by atoms with van der Waals surface area (Å²) < 4.78 is 4.63. The summed E-state index contributed by atoms with van der Waals surface area (Å²) in [5, 5.41) is 6.94. The maximum absolute atomic E-state index is 11.8. The highest BCUT2D eigenvalue weighted by molar-refractivity contribution is 7.12. The van der Waals surface area contributed by atoms with Gasteiger partial charge in [0.15, 0.2) is 0 Å². The smallest absolute Gasteiger partial charge is 0.350 e. The lowest BCUT2D eigenvalue weighted by molar-refractivity contribution is 0.0607. The molecule has 0 atom stereocenters. The van der Waals surface area contributed by atoms with Crippen LogP contribution in [0.25, 0.3) is 0 Å². The second-order valence-electron chi connectivity index (χ2n) is 3.86. The fourth-order valence-corrected chi connectivity index (χ4v) is 2.28. The molecule has 1 heterocycles. The molecule has 1 aromatic carbocycles. The monoisotopic (exact) mass is 291 g/mol. The van der Waals surface area contributed by atoms with Crippen molar-refractivity contribution in [1.82, 2.24) is 0 Å². The molecule has 6 nitrogen and oxygen atoms in total. The van der Waals surface area contributed by atoms with Gasteiger partial charge in [0.05, 0.1) is 12.8 Å². The zero-order chi connectivity index (χ0) is 14.5. The van der Waals surface area contributed by atoms with E-state index in [9.17, 15) is 9.59 Å². The average molecular weight is 291 g/mol. The molecular formula is C13H13N3O3S. The summed E-state index contributed by atoms with van der Waals surface area (Å²) >= 11 is 1.20. The van der Waals surface area contributed by atoms with Crippen molar-refractivity contribution in [2.24, 2.45) is 0 Å². The number of nitrogens with two attached hydrogens (primary N) is 1. The Labute approximate surface area is 119 Å². The van der Waals surface area contributed by atoms with E-state index in [2.05, 4.69) is 15.4 Å². The van der Waals surface area contributed by atoms with Crippen molar-refractivity contribution in [3.8, 4) is 0 Å². The first-order valence-corrected chi connectivity index (χ1v) is 6.57. The minimum Gasteiger partial charge on any atom is -0.465 e. The number of nitrogens with one attached hydrogen (secondary N) is 2. The zero-order valence-electron chi connectivity index (χ0n) is 10.7. The van der Waals surface area contributed by atoms with Crippen molar-refractivity contribution >= 4 is 40.4 Å². The van der Waals surface area contributed by atoms with Gasteiger partial charge in [-0.15, -0.1) is 11.3 Å². The summed E-state index contributed by atoms with van der Waals surface area (Å²) in [6.07, 6.45) is 0. The van der Waals surface area contributed by atoms with Gasteiger partial charge >= 0.3 is 12.0 Å². The third-order valence-electron chi connectivity index (χ3n) is 2.45. The van der Waals surface area contributed by atoms with Crippen molar-refractivity contribution in [2.45, 2.75) is 0 Å². The van der Waals surface area contributed by atoms with Crippen molar-refractivity contribution in [3.63, 3.8) is 0 Å². The SMILES string of the molecule is COC(=O)c1sccc1NC(=O)Nc1ccc(N)cc1. The van der Waals surface area contributed by atoms with E-state index in [1.54, 1.807) is 35.7 Å². The highest BCUT2D eigenvalue weighted by atomic mass is 32.1. The van der Waals surface area contributed by atoms with Gasteiger partial charge in [0, 0.05) is 11.4 Å². The molecule has 0 saturated heterocycles. The molecule has 0 saturated carbocycles. The number of anilines is 3. The minimum atomic E-state index is -0.484. The van der Waals surface area contributed by atoms with Crippen LogP contribution in [0.1, 0.15) is 9.67 Å². The van der Waals surface area contributed by atoms with Crippen LogP contribution < -0.4 is 16.4 Å². The lowest BCUT2D eigenvalue weighted by atomic mass is 10.3. The largest absolute Gasteiger partial charge is 0.465 e. The number of carbonyl (C=O) groups is 2. The number of thiophene rings is 1. The molecule has 20 heavy (non-hydrogen) atoms. The Kier molecular flexibility index (Phi) is 4.21. The van der Waals surface area contributed by atoms with Gasteiger partial charge < -0.3 is 21.1 Å². The highest BCUT2D eigenvalue weighted by Crippen LogP contribution is 2.23. The summed E-state index contributed by atoms with van der Waals surface area (Å²) in [6, 6.07) is 7.92. The van der Waals surface area contributed by atoms with E-state index in [4.69, 9.17) is 5.73 Å². The van der Waals surface area contributed by atoms with E-state index in [-0.39, 0.29) is 0 Å². The molecule has 2 amide bonds. The molecule has 4 N–H and O–H groups in total.